The first-order chi connectivity index (χ1) is 8.25. The van der Waals surface area contributed by atoms with Gasteiger partial charge in [0.1, 0.15) is 6.10 Å². The van der Waals surface area contributed by atoms with Gasteiger partial charge in [-0.1, -0.05) is 6.07 Å². The first kappa shape index (κ1) is 10.0. The van der Waals surface area contributed by atoms with Gasteiger partial charge >= 0.3 is 0 Å². The lowest BCUT2D eigenvalue weighted by molar-refractivity contribution is 0.221. The van der Waals surface area contributed by atoms with Crippen LogP contribution in [0.3, 0.4) is 0 Å². The Morgan fingerprint density at radius 3 is 2.88 bits per heavy atom. The van der Waals surface area contributed by atoms with Crippen LogP contribution >= 0.6 is 0 Å². The van der Waals surface area contributed by atoms with Crippen molar-refractivity contribution in [3.05, 3.63) is 54.1 Å². The summed E-state index contributed by atoms with van der Waals surface area (Å²) in [7, 11) is 1.83. The Balaban J connectivity index is 2.09. The highest BCUT2D eigenvalue weighted by molar-refractivity contribution is 5.56. The zero-order chi connectivity index (χ0) is 11.8. The lowest BCUT2D eigenvalue weighted by Crippen LogP contribution is -1.98. The van der Waals surface area contributed by atoms with E-state index in [1.54, 1.807) is 27.8 Å². The van der Waals surface area contributed by atoms with Crippen LogP contribution in [-0.2, 0) is 7.05 Å². The Kier molecular flexibility index (Phi) is 2.19. The third-order valence-electron chi connectivity index (χ3n) is 2.79. The number of aromatic nitrogens is 4. The lowest BCUT2D eigenvalue weighted by atomic mass is 10.1. The first-order valence-electron chi connectivity index (χ1n) is 5.34. The second-order valence-corrected chi connectivity index (χ2v) is 3.98. The average Bonchev–Trinajstić information content (AvgIpc) is 2.94. The van der Waals surface area contributed by atoms with Gasteiger partial charge < -0.3 is 5.11 Å². The monoisotopic (exact) mass is 228 g/mol. The molecule has 5 nitrogen and oxygen atoms in total. The van der Waals surface area contributed by atoms with Gasteiger partial charge in [0.05, 0.1) is 17.9 Å². The molecular formula is C12H12N4O. The van der Waals surface area contributed by atoms with Gasteiger partial charge in [-0.3, -0.25) is 4.68 Å². The van der Waals surface area contributed by atoms with Crippen LogP contribution in [0.1, 0.15) is 17.2 Å². The number of aryl methyl sites for hydroxylation is 1. The first-order valence-corrected chi connectivity index (χ1v) is 5.34. The molecule has 0 amide bonds. The zero-order valence-electron chi connectivity index (χ0n) is 9.35. The summed E-state index contributed by atoms with van der Waals surface area (Å²) in [6.45, 7) is 0. The molecule has 0 aromatic carbocycles. The van der Waals surface area contributed by atoms with Crippen molar-refractivity contribution in [2.45, 2.75) is 6.10 Å². The number of rotatable bonds is 2. The van der Waals surface area contributed by atoms with Crippen molar-refractivity contribution in [1.82, 2.24) is 19.4 Å². The smallest absolute Gasteiger partial charge is 0.111 e. The largest absolute Gasteiger partial charge is 0.383 e. The second-order valence-electron chi connectivity index (χ2n) is 3.98. The minimum absolute atomic E-state index is 0.691. The SMILES string of the molecule is Cn1cc(C(O)c2cnn3ccccc23)cn1. The Morgan fingerprint density at radius 1 is 1.24 bits per heavy atom. The molecule has 0 saturated heterocycles. The van der Waals surface area contributed by atoms with Gasteiger partial charge in [-0.25, -0.2) is 4.52 Å². The van der Waals surface area contributed by atoms with Crippen molar-refractivity contribution in [3.63, 3.8) is 0 Å². The standard InChI is InChI=1S/C12H12N4O/c1-15-8-9(6-13-15)12(17)10-7-14-16-5-3-2-4-11(10)16/h2-8,12,17H,1H3. The highest BCUT2D eigenvalue weighted by Crippen LogP contribution is 2.24. The normalized spacial score (nSPS) is 13.1. The fraction of sp³-hybridized carbons (Fsp3) is 0.167. The van der Waals surface area contributed by atoms with Gasteiger partial charge in [-0.15, -0.1) is 0 Å². The van der Waals surface area contributed by atoms with E-state index in [-0.39, 0.29) is 0 Å². The van der Waals surface area contributed by atoms with Crippen LogP contribution in [0.4, 0.5) is 0 Å². The predicted octanol–water partition coefficient (Wildman–Crippen LogP) is 1.15. The van der Waals surface area contributed by atoms with Crippen LogP contribution in [0.25, 0.3) is 5.52 Å². The van der Waals surface area contributed by atoms with E-state index >= 15 is 0 Å². The number of fused-ring (bicyclic) bond motifs is 1. The highest BCUT2D eigenvalue weighted by atomic mass is 16.3. The molecule has 1 N–H and O–H groups in total. The van der Waals surface area contributed by atoms with Crippen molar-refractivity contribution in [2.75, 3.05) is 0 Å². The molecule has 3 rings (SSSR count). The summed E-state index contributed by atoms with van der Waals surface area (Å²) in [5.41, 5.74) is 2.47. The van der Waals surface area contributed by atoms with Gasteiger partial charge in [-0.05, 0) is 12.1 Å². The highest BCUT2D eigenvalue weighted by Gasteiger charge is 2.16. The third kappa shape index (κ3) is 1.60. The molecular weight excluding hydrogens is 216 g/mol. The van der Waals surface area contributed by atoms with E-state index in [9.17, 15) is 5.11 Å². The molecule has 3 aromatic rings. The minimum Gasteiger partial charge on any atom is -0.383 e. The fourth-order valence-electron chi connectivity index (χ4n) is 1.93. The molecule has 1 unspecified atom stereocenters. The number of aliphatic hydroxyl groups excluding tert-OH is 1. The molecule has 1 atom stereocenters. The zero-order valence-corrected chi connectivity index (χ0v) is 9.35. The van der Waals surface area contributed by atoms with Crippen LogP contribution in [0.2, 0.25) is 0 Å². The predicted molar refractivity (Wildman–Crippen MR) is 62.5 cm³/mol. The molecule has 3 heterocycles. The number of aliphatic hydroxyl groups is 1. The van der Waals surface area contributed by atoms with Crippen molar-refractivity contribution < 1.29 is 5.11 Å². The quantitative estimate of drug-likeness (QED) is 0.715. The van der Waals surface area contributed by atoms with Crippen molar-refractivity contribution in [2.24, 2.45) is 7.05 Å². The van der Waals surface area contributed by atoms with Gasteiger partial charge in [0.25, 0.3) is 0 Å². The van der Waals surface area contributed by atoms with E-state index < -0.39 is 6.10 Å². The maximum absolute atomic E-state index is 10.3. The minimum atomic E-state index is -0.691. The van der Waals surface area contributed by atoms with Gasteiger partial charge in [-0.2, -0.15) is 10.2 Å². The van der Waals surface area contributed by atoms with E-state index in [1.807, 2.05) is 31.4 Å². The van der Waals surface area contributed by atoms with E-state index in [1.165, 1.54) is 0 Å². The average molecular weight is 228 g/mol. The number of hydrogen-bond acceptors (Lipinski definition) is 3. The maximum Gasteiger partial charge on any atom is 0.111 e. The Bertz CT molecular complexity index is 655. The molecule has 0 bridgehead atoms. The van der Waals surface area contributed by atoms with Gasteiger partial charge in [0, 0.05) is 30.6 Å². The summed E-state index contributed by atoms with van der Waals surface area (Å²) < 4.78 is 3.42. The Labute approximate surface area is 97.9 Å². The molecule has 0 radical (unpaired) electrons. The van der Waals surface area contributed by atoms with Crippen molar-refractivity contribution in [1.29, 1.82) is 0 Å². The van der Waals surface area contributed by atoms with Crippen molar-refractivity contribution in [3.8, 4) is 0 Å². The molecule has 0 aliphatic carbocycles. The molecule has 0 spiro atoms. The molecule has 0 aliphatic rings. The van der Waals surface area contributed by atoms with Crippen LogP contribution in [0.15, 0.2) is 43.0 Å². The lowest BCUT2D eigenvalue weighted by Gasteiger charge is -2.06. The molecule has 17 heavy (non-hydrogen) atoms. The molecule has 0 fully saturated rings. The maximum atomic E-state index is 10.3. The Morgan fingerprint density at radius 2 is 2.12 bits per heavy atom. The van der Waals surface area contributed by atoms with E-state index in [0.29, 0.717) is 0 Å². The van der Waals surface area contributed by atoms with E-state index in [0.717, 1.165) is 16.6 Å². The molecule has 3 aromatic heterocycles. The van der Waals surface area contributed by atoms with Gasteiger partial charge in [0.15, 0.2) is 0 Å². The Hall–Kier alpha value is -2.14. The van der Waals surface area contributed by atoms with Crippen LogP contribution in [0, 0.1) is 0 Å². The summed E-state index contributed by atoms with van der Waals surface area (Å²) in [4.78, 5) is 0. The van der Waals surface area contributed by atoms with Crippen LogP contribution < -0.4 is 0 Å². The van der Waals surface area contributed by atoms with Crippen LogP contribution in [0.5, 0.6) is 0 Å². The summed E-state index contributed by atoms with van der Waals surface area (Å²) in [6.07, 6.45) is 6.32. The summed E-state index contributed by atoms with van der Waals surface area (Å²) in [5.74, 6) is 0. The number of hydrogen-bond donors (Lipinski definition) is 1. The van der Waals surface area contributed by atoms with Crippen LogP contribution in [-0.4, -0.2) is 24.5 Å². The summed E-state index contributed by atoms with van der Waals surface area (Å²) in [5, 5.41) is 18.5. The van der Waals surface area contributed by atoms with Crippen molar-refractivity contribution >= 4 is 5.52 Å². The molecule has 0 saturated carbocycles. The summed E-state index contributed by atoms with van der Waals surface area (Å²) in [6, 6.07) is 5.76. The number of nitrogens with zero attached hydrogens (tertiary/aromatic N) is 4. The topological polar surface area (TPSA) is 55.3 Å². The fourth-order valence-corrected chi connectivity index (χ4v) is 1.93. The molecule has 86 valence electrons. The third-order valence-corrected chi connectivity index (χ3v) is 2.79. The molecule has 5 heteroatoms. The molecule has 0 aliphatic heterocycles. The number of pyridine rings is 1. The van der Waals surface area contributed by atoms with Gasteiger partial charge in [0.2, 0.25) is 0 Å². The van der Waals surface area contributed by atoms with E-state index in [2.05, 4.69) is 10.2 Å². The second kappa shape index (κ2) is 3.71. The van der Waals surface area contributed by atoms with E-state index in [4.69, 9.17) is 0 Å². The summed E-state index contributed by atoms with van der Waals surface area (Å²) >= 11 is 0.